The average molecular weight is 207 g/mol. The summed E-state index contributed by atoms with van der Waals surface area (Å²) in [5.74, 6) is -0.245. The van der Waals surface area contributed by atoms with Crippen molar-refractivity contribution in [2.45, 2.75) is 12.8 Å². The molecule has 0 aliphatic rings. The molecule has 0 radical (unpaired) electrons. The summed E-state index contributed by atoms with van der Waals surface area (Å²) < 4.78 is 0. The molecule has 0 spiro atoms. The highest BCUT2D eigenvalue weighted by molar-refractivity contribution is 5.63. The summed E-state index contributed by atoms with van der Waals surface area (Å²) in [6.45, 7) is 5.17. The minimum absolute atomic E-state index is 0.0362. The van der Waals surface area contributed by atoms with E-state index < -0.39 is 4.92 Å². The average Bonchev–Trinajstić information content (AvgIpc) is 2.26. The lowest BCUT2D eigenvalue weighted by atomic mass is 9.97. The molecular formula is C11H13NO3. The number of nitrogens with zero attached hydrogens (tertiary/aromatic N) is 1. The Morgan fingerprint density at radius 3 is 2.80 bits per heavy atom. The second-order valence-corrected chi connectivity index (χ2v) is 3.33. The number of hydrogen-bond acceptors (Lipinski definition) is 3. The van der Waals surface area contributed by atoms with Crippen LogP contribution >= 0.6 is 0 Å². The number of rotatable bonds is 4. The van der Waals surface area contributed by atoms with E-state index in [1.54, 1.807) is 25.1 Å². The van der Waals surface area contributed by atoms with Crippen molar-refractivity contribution >= 4 is 11.8 Å². The van der Waals surface area contributed by atoms with Crippen LogP contribution in [-0.4, -0.2) is 16.6 Å². The van der Waals surface area contributed by atoms with Gasteiger partial charge in [-0.2, -0.15) is 0 Å². The third-order valence-corrected chi connectivity index (χ3v) is 2.31. The Labute approximate surface area is 88.0 Å². The quantitative estimate of drug-likeness (QED) is 0.608. The van der Waals surface area contributed by atoms with Gasteiger partial charge in [-0.15, -0.1) is 0 Å². The van der Waals surface area contributed by atoms with Gasteiger partial charge in [-0.05, 0) is 6.07 Å². The predicted octanol–water partition coefficient (Wildman–Crippen LogP) is 2.33. The number of hydrogen-bond donors (Lipinski definition) is 1. The summed E-state index contributed by atoms with van der Waals surface area (Å²) in [4.78, 5) is 10.5. The Kier molecular flexibility index (Phi) is 3.57. The first-order valence-corrected chi connectivity index (χ1v) is 4.62. The maximum Gasteiger partial charge on any atom is 0.280 e. The predicted molar refractivity (Wildman–Crippen MR) is 58.7 cm³/mol. The van der Waals surface area contributed by atoms with Crippen LogP contribution in [-0.2, 0) is 0 Å². The second kappa shape index (κ2) is 4.70. The first-order chi connectivity index (χ1) is 7.11. The van der Waals surface area contributed by atoms with Crippen molar-refractivity contribution in [3.63, 3.8) is 0 Å². The van der Waals surface area contributed by atoms with Crippen LogP contribution in [0.3, 0.4) is 0 Å². The van der Waals surface area contributed by atoms with E-state index in [2.05, 4.69) is 6.58 Å². The number of para-hydroxylation sites is 1. The highest BCUT2D eigenvalue weighted by Crippen LogP contribution is 2.30. The lowest BCUT2D eigenvalue weighted by molar-refractivity contribution is -0.386. The fourth-order valence-electron chi connectivity index (χ4n) is 1.45. The van der Waals surface area contributed by atoms with Crippen LogP contribution in [0.25, 0.3) is 6.08 Å². The van der Waals surface area contributed by atoms with E-state index in [4.69, 9.17) is 5.11 Å². The van der Waals surface area contributed by atoms with Crippen LogP contribution < -0.4 is 0 Å². The molecule has 0 bridgehead atoms. The molecule has 15 heavy (non-hydrogen) atoms. The summed E-state index contributed by atoms with van der Waals surface area (Å²) in [6.07, 6.45) is 1.45. The van der Waals surface area contributed by atoms with Crippen molar-refractivity contribution in [2.24, 2.45) is 0 Å². The third-order valence-electron chi connectivity index (χ3n) is 2.31. The van der Waals surface area contributed by atoms with E-state index in [0.717, 1.165) is 0 Å². The van der Waals surface area contributed by atoms with Crippen LogP contribution in [0, 0.1) is 10.1 Å². The van der Waals surface area contributed by atoms with Crippen LogP contribution in [0.4, 0.5) is 5.69 Å². The molecule has 0 saturated heterocycles. The van der Waals surface area contributed by atoms with Gasteiger partial charge >= 0.3 is 0 Å². The molecular weight excluding hydrogens is 194 g/mol. The molecule has 1 aromatic carbocycles. The molecule has 0 heterocycles. The van der Waals surface area contributed by atoms with E-state index in [-0.39, 0.29) is 18.2 Å². The van der Waals surface area contributed by atoms with Gasteiger partial charge in [0.2, 0.25) is 0 Å². The molecule has 4 heteroatoms. The van der Waals surface area contributed by atoms with Crippen LogP contribution in [0.2, 0.25) is 0 Å². The summed E-state index contributed by atoms with van der Waals surface area (Å²) in [7, 11) is 0. The van der Waals surface area contributed by atoms with E-state index in [1.807, 2.05) is 0 Å². The summed E-state index contributed by atoms with van der Waals surface area (Å²) in [5.41, 5.74) is 1.06. The number of aliphatic hydroxyl groups is 1. The first kappa shape index (κ1) is 11.4. The van der Waals surface area contributed by atoms with Crippen molar-refractivity contribution in [2.75, 3.05) is 6.61 Å². The highest BCUT2D eigenvalue weighted by atomic mass is 16.6. The molecule has 0 aliphatic heterocycles. The molecule has 1 N–H and O–H groups in total. The molecule has 0 saturated carbocycles. The van der Waals surface area contributed by atoms with Crippen molar-refractivity contribution in [1.82, 2.24) is 0 Å². The fourth-order valence-corrected chi connectivity index (χ4v) is 1.45. The molecule has 80 valence electrons. The van der Waals surface area contributed by atoms with E-state index in [1.165, 1.54) is 6.08 Å². The van der Waals surface area contributed by atoms with Gasteiger partial charge in [0.1, 0.15) is 0 Å². The monoisotopic (exact) mass is 207 g/mol. The van der Waals surface area contributed by atoms with Gasteiger partial charge in [0.05, 0.1) is 10.5 Å². The lowest BCUT2D eigenvalue weighted by Crippen LogP contribution is -2.04. The minimum atomic E-state index is -0.432. The fraction of sp³-hybridized carbons (Fsp3) is 0.273. The van der Waals surface area contributed by atoms with Crippen molar-refractivity contribution < 1.29 is 10.0 Å². The molecule has 4 nitrogen and oxygen atoms in total. The van der Waals surface area contributed by atoms with Crippen LogP contribution in [0.1, 0.15) is 24.0 Å². The van der Waals surface area contributed by atoms with E-state index in [0.29, 0.717) is 11.1 Å². The van der Waals surface area contributed by atoms with Gasteiger partial charge in [-0.25, -0.2) is 0 Å². The number of aliphatic hydroxyl groups excluding tert-OH is 1. The Balaban J connectivity index is 3.37. The largest absolute Gasteiger partial charge is 0.396 e. The second-order valence-electron chi connectivity index (χ2n) is 3.33. The Bertz CT molecular complexity index is 387. The maximum absolute atomic E-state index is 10.9. The van der Waals surface area contributed by atoms with Gasteiger partial charge in [0.25, 0.3) is 5.69 Å². The highest BCUT2D eigenvalue weighted by Gasteiger charge is 2.21. The van der Waals surface area contributed by atoms with Crippen molar-refractivity contribution in [3.05, 3.63) is 46.0 Å². The van der Waals surface area contributed by atoms with Gasteiger partial charge in [-0.3, -0.25) is 10.1 Å². The topological polar surface area (TPSA) is 63.4 Å². The summed E-state index contributed by atoms with van der Waals surface area (Å²) in [5, 5.41) is 19.9. The van der Waals surface area contributed by atoms with E-state index in [9.17, 15) is 10.1 Å². The zero-order valence-electron chi connectivity index (χ0n) is 8.51. The molecule has 1 aromatic rings. The van der Waals surface area contributed by atoms with Gasteiger partial charge in [0, 0.05) is 18.1 Å². The van der Waals surface area contributed by atoms with Gasteiger partial charge < -0.3 is 5.11 Å². The van der Waals surface area contributed by atoms with Crippen molar-refractivity contribution in [1.29, 1.82) is 0 Å². The molecule has 1 rings (SSSR count). The van der Waals surface area contributed by atoms with E-state index >= 15 is 0 Å². The smallest absolute Gasteiger partial charge is 0.280 e. The van der Waals surface area contributed by atoms with Crippen LogP contribution in [0.5, 0.6) is 0 Å². The maximum atomic E-state index is 10.9. The van der Waals surface area contributed by atoms with Gasteiger partial charge in [-0.1, -0.05) is 31.7 Å². The normalized spacial score (nSPS) is 12.1. The minimum Gasteiger partial charge on any atom is -0.396 e. The van der Waals surface area contributed by atoms with Gasteiger partial charge in [0.15, 0.2) is 0 Å². The zero-order chi connectivity index (χ0) is 11.4. The number of benzene rings is 1. The number of nitro groups is 1. The molecule has 0 aliphatic carbocycles. The first-order valence-electron chi connectivity index (χ1n) is 4.62. The molecule has 1 unspecified atom stereocenters. The molecule has 0 fully saturated rings. The standard InChI is InChI=1S/C11H13NO3/c1-3-9-5-4-6-10(8(2)7-13)11(9)12(14)15/h3-6,8,13H,1,7H2,2H3. The summed E-state index contributed by atoms with van der Waals surface area (Å²) in [6, 6.07) is 5.02. The number of nitro benzene ring substituents is 1. The molecule has 0 amide bonds. The Morgan fingerprint density at radius 2 is 2.33 bits per heavy atom. The van der Waals surface area contributed by atoms with Crippen molar-refractivity contribution in [3.8, 4) is 0 Å². The molecule has 0 aromatic heterocycles. The molecule has 1 atom stereocenters. The third kappa shape index (κ3) is 2.22. The van der Waals surface area contributed by atoms with Crippen LogP contribution in [0.15, 0.2) is 24.8 Å². The SMILES string of the molecule is C=Cc1cccc(C(C)CO)c1[N+](=O)[O-]. The summed E-state index contributed by atoms with van der Waals surface area (Å²) >= 11 is 0. The zero-order valence-corrected chi connectivity index (χ0v) is 8.51. The Morgan fingerprint density at radius 1 is 1.67 bits per heavy atom. The Hall–Kier alpha value is -1.68. The lowest BCUT2D eigenvalue weighted by Gasteiger charge is -2.10.